The van der Waals surface area contributed by atoms with E-state index in [1.165, 1.54) is 24.3 Å². The summed E-state index contributed by atoms with van der Waals surface area (Å²) in [6, 6.07) is 21.7. The lowest BCUT2D eigenvalue weighted by Crippen LogP contribution is -2.15. The van der Waals surface area contributed by atoms with Gasteiger partial charge < -0.3 is 9.47 Å². The smallest absolute Gasteiger partial charge is 0.343 e. The van der Waals surface area contributed by atoms with Crippen LogP contribution in [0.3, 0.4) is 0 Å². The van der Waals surface area contributed by atoms with E-state index in [-0.39, 0.29) is 12.4 Å². The first-order valence-electron chi connectivity index (χ1n) is 8.37. The van der Waals surface area contributed by atoms with Crippen LogP contribution in [0.15, 0.2) is 78.9 Å². The third-order valence-corrected chi connectivity index (χ3v) is 4.77. The van der Waals surface area contributed by atoms with Crippen LogP contribution in [-0.2, 0) is 4.74 Å². The van der Waals surface area contributed by atoms with Gasteiger partial charge in [0.25, 0.3) is 0 Å². The van der Waals surface area contributed by atoms with Crippen molar-refractivity contribution in [2.75, 3.05) is 6.61 Å². The van der Waals surface area contributed by atoms with Gasteiger partial charge in [-0.25, -0.2) is 9.59 Å². The van der Waals surface area contributed by atoms with Crippen LogP contribution in [0.1, 0.15) is 31.1 Å². The van der Waals surface area contributed by atoms with Crippen molar-refractivity contribution in [1.82, 2.24) is 0 Å². The standard InChI is InChI=1S/C22H15IO5/c23-19-9-5-4-8-18(19)22(26)27-14-20(24)15-10-12-17(13-11-15)28-21(25)16-6-2-1-3-7-16/h1-13H,14H2. The second-order valence-corrected chi connectivity index (χ2v) is 6.92. The van der Waals surface area contributed by atoms with Crippen molar-refractivity contribution < 1.29 is 23.9 Å². The number of halogens is 1. The molecule has 3 aromatic rings. The van der Waals surface area contributed by atoms with Crippen molar-refractivity contribution in [2.24, 2.45) is 0 Å². The summed E-state index contributed by atoms with van der Waals surface area (Å²) in [6.45, 7) is -0.368. The monoisotopic (exact) mass is 486 g/mol. The molecule has 0 atom stereocenters. The molecule has 3 rings (SSSR count). The molecular weight excluding hydrogens is 471 g/mol. The van der Waals surface area contributed by atoms with Gasteiger partial charge in [0.1, 0.15) is 5.75 Å². The molecule has 0 spiro atoms. The first kappa shape index (κ1) is 19.8. The van der Waals surface area contributed by atoms with Crippen LogP contribution in [0.4, 0.5) is 0 Å². The summed E-state index contributed by atoms with van der Waals surface area (Å²) < 4.78 is 11.1. The number of carbonyl (C=O) groups excluding carboxylic acids is 3. The molecule has 0 aliphatic carbocycles. The van der Waals surface area contributed by atoms with Crippen molar-refractivity contribution in [1.29, 1.82) is 0 Å². The second-order valence-electron chi connectivity index (χ2n) is 5.76. The van der Waals surface area contributed by atoms with Gasteiger partial charge >= 0.3 is 11.9 Å². The number of hydrogen-bond acceptors (Lipinski definition) is 5. The topological polar surface area (TPSA) is 69.7 Å². The average Bonchev–Trinajstić information content (AvgIpc) is 2.73. The van der Waals surface area contributed by atoms with Gasteiger partial charge in [-0.05, 0) is 71.1 Å². The maximum absolute atomic E-state index is 12.2. The molecule has 0 amide bonds. The highest BCUT2D eigenvalue weighted by Gasteiger charge is 2.14. The van der Waals surface area contributed by atoms with E-state index in [0.29, 0.717) is 22.4 Å². The van der Waals surface area contributed by atoms with E-state index < -0.39 is 11.9 Å². The van der Waals surface area contributed by atoms with Crippen molar-refractivity contribution in [3.8, 4) is 5.75 Å². The molecule has 28 heavy (non-hydrogen) atoms. The van der Waals surface area contributed by atoms with Crippen LogP contribution in [0.2, 0.25) is 0 Å². The summed E-state index contributed by atoms with van der Waals surface area (Å²) in [7, 11) is 0. The second kappa shape index (κ2) is 9.27. The Balaban J connectivity index is 1.57. The van der Waals surface area contributed by atoms with E-state index in [0.717, 1.165) is 3.57 Å². The van der Waals surface area contributed by atoms with E-state index in [2.05, 4.69) is 0 Å². The molecule has 140 valence electrons. The fourth-order valence-corrected chi connectivity index (χ4v) is 2.98. The van der Waals surface area contributed by atoms with Gasteiger partial charge in [-0.1, -0.05) is 30.3 Å². The minimum Gasteiger partial charge on any atom is -0.454 e. The third kappa shape index (κ3) is 5.04. The molecule has 0 N–H and O–H groups in total. The van der Waals surface area contributed by atoms with Crippen molar-refractivity contribution in [3.63, 3.8) is 0 Å². The number of ether oxygens (including phenoxy) is 2. The van der Waals surface area contributed by atoms with Crippen molar-refractivity contribution in [3.05, 3.63) is 99.1 Å². The lowest BCUT2D eigenvalue weighted by atomic mass is 10.1. The molecule has 3 aromatic carbocycles. The zero-order valence-electron chi connectivity index (χ0n) is 14.6. The Labute approximate surface area is 175 Å². The Hall–Kier alpha value is -3.00. The van der Waals surface area contributed by atoms with E-state index >= 15 is 0 Å². The number of hydrogen-bond donors (Lipinski definition) is 0. The zero-order chi connectivity index (χ0) is 19.9. The lowest BCUT2D eigenvalue weighted by Gasteiger charge is -2.07. The molecule has 0 fully saturated rings. The molecule has 0 aromatic heterocycles. The van der Waals surface area contributed by atoms with E-state index in [1.807, 2.05) is 34.7 Å². The Morgan fingerprint density at radius 1 is 0.714 bits per heavy atom. The number of rotatable bonds is 6. The molecule has 0 aliphatic heterocycles. The highest BCUT2D eigenvalue weighted by atomic mass is 127. The minimum atomic E-state index is -0.549. The maximum atomic E-state index is 12.2. The number of benzene rings is 3. The normalized spacial score (nSPS) is 10.2. The molecule has 0 bridgehead atoms. The van der Waals surface area contributed by atoms with Crippen molar-refractivity contribution in [2.45, 2.75) is 0 Å². The summed E-state index contributed by atoms with van der Waals surface area (Å²) in [5.41, 5.74) is 1.21. The molecule has 5 nitrogen and oxygen atoms in total. The number of esters is 2. The predicted molar refractivity (Wildman–Crippen MR) is 112 cm³/mol. The van der Waals surface area contributed by atoms with Gasteiger partial charge in [0.05, 0.1) is 11.1 Å². The van der Waals surface area contributed by atoms with Gasteiger partial charge in [-0.15, -0.1) is 0 Å². The molecule has 0 unspecified atom stereocenters. The summed E-state index contributed by atoms with van der Waals surface area (Å²) in [4.78, 5) is 36.3. The van der Waals surface area contributed by atoms with Gasteiger partial charge in [-0.2, -0.15) is 0 Å². The molecule has 0 saturated carbocycles. The molecule has 0 saturated heterocycles. The number of carbonyl (C=O) groups is 3. The molecule has 0 aliphatic rings. The Morgan fingerprint density at radius 2 is 1.36 bits per heavy atom. The molecule has 0 heterocycles. The fraction of sp³-hybridized carbons (Fsp3) is 0.0455. The summed E-state index contributed by atoms with van der Waals surface area (Å²) >= 11 is 2.03. The minimum absolute atomic E-state index is 0.321. The van der Waals surface area contributed by atoms with E-state index in [4.69, 9.17) is 9.47 Å². The number of ketones is 1. The molecule has 0 radical (unpaired) electrons. The first-order valence-corrected chi connectivity index (χ1v) is 9.44. The van der Waals surface area contributed by atoms with Crippen LogP contribution < -0.4 is 4.74 Å². The quantitative estimate of drug-likeness (QED) is 0.221. The average molecular weight is 486 g/mol. The Bertz CT molecular complexity index is 997. The van der Waals surface area contributed by atoms with Crippen LogP contribution >= 0.6 is 22.6 Å². The van der Waals surface area contributed by atoms with Crippen molar-refractivity contribution >= 4 is 40.3 Å². The Kier molecular flexibility index (Phi) is 6.54. The molecular formula is C22H15IO5. The maximum Gasteiger partial charge on any atom is 0.343 e. The highest BCUT2D eigenvalue weighted by Crippen LogP contribution is 2.16. The van der Waals surface area contributed by atoms with Crippen LogP contribution in [0.25, 0.3) is 0 Å². The van der Waals surface area contributed by atoms with E-state index in [1.54, 1.807) is 42.5 Å². The highest BCUT2D eigenvalue weighted by molar-refractivity contribution is 14.1. The van der Waals surface area contributed by atoms with Crippen LogP contribution in [0, 0.1) is 3.57 Å². The fourth-order valence-electron chi connectivity index (χ4n) is 2.37. The largest absolute Gasteiger partial charge is 0.454 e. The van der Waals surface area contributed by atoms with Gasteiger partial charge in [0.2, 0.25) is 0 Å². The summed E-state index contributed by atoms with van der Waals surface area (Å²) in [6.07, 6.45) is 0. The Morgan fingerprint density at radius 3 is 2.04 bits per heavy atom. The summed E-state index contributed by atoms with van der Waals surface area (Å²) in [5, 5.41) is 0. The van der Waals surface area contributed by atoms with Gasteiger partial charge in [0.15, 0.2) is 12.4 Å². The lowest BCUT2D eigenvalue weighted by molar-refractivity contribution is 0.0473. The SMILES string of the molecule is O=C(COC(=O)c1ccccc1I)c1ccc(OC(=O)c2ccccc2)cc1. The molecule has 6 heteroatoms. The number of Topliss-reactive ketones (excluding diaryl/α,β-unsaturated/α-hetero) is 1. The van der Waals surface area contributed by atoms with Gasteiger partial charge in [-0.3, -0.25) is 4.79 Å². The third-order valence-electron chi connectivity index (χ3n) is 3.82. The summed E-state index contributed by atoms with van der Waals surface area (Å²) in [5.74, 6) is -1.06. The van der Waals surface area contributed by atoms with Crippen LogP contribution in [-0.4, -0.2) is 24.3 Å². The zero-order valence-corrected chi connectivity index (χ0v) is 16.8. The first-order chi connectivity index (χ1) is 13.5. The van der Waals surface area contributed by atoms with Crippen LogP contribution in [0.5, 0.6) is 5.75 Å². The van der Waals surface area contributed by atoms with Gasteiger partial charge in [0, 0.05) is 9.13 Å². The van der Waals surface area contributed by atoms with E-state index in [9.17, 15) is 14.4 Å². The predicted octanol–water partition coefficient (Wildman–Crippen LogP) is 4.55.